The number of hydrogen-bond acceptors (Lipinski definition) is 4. The van der Waals surface area contributed by atoms with Gasteiger partial charge < -0.3 is 5.73 Å². The summed E-state index contributed by atoms with van der Waals surface area (Å²) in [6.07, 6.45) is 3.13. The van der Waals surface area contributed by atoms with Crippen molar-refractivity contribution in [2.24, 2.45) is 5.73 Å². The molecule has 0 saturated carbocycles. The lowest BCUT2D eigenvalue weighted by molar-refractivity contribution is 0.601. The van der Waals surface area contributed by atoms with Gasteiger partial charge in [-0.15, -0.1) is 0 Å². The minimum atomic E-state index is -3.31. The molecule has 0 spiro atoms. The van der Waals surface area contributed by atoms with Crippen molar-refractivity contribution < 1.29 is 8.42 Å². The van der Waals surface area contributed by atoms with Crippen LogP contribution in [0.4, 0.5) is 5.69 Å². The highest BCUT2D eigenvalue weighted by Crippen LogP contribution is 2.13. The van der Waals surface area contributed by atoms with Crippen LogP contribution in [0.25, 0.3) is 0 Å². The first kappa shape index (κ1) is 10.9. The summed E-state index contributed by atoms with van der Waals surface area (Å²) in [5.74, 6) is -0.0746. The van der Waals surface area contributed by atoms with Crippen LogP contribution in [-0.2, 0) is 10.0 Å². The summed E-state index contributed by atoms with van der Waals surface area (Å²) in [5, 5.41) is 0. The number of nitrogens with zero attached hydrogens (tertiary/aromatic N) is 1. The van der Waals surface area contributed by atoms with Crippen molar-refractivity contribution in [1.29, 1.82) is 0 Å². The third-order valence-electron chi connectivity index (χ3n) is 1.67. The first-order chi connectivity index (χ1) is 6.55. The Hall–Kier alpha value is -1.14. The van der Waals surface area contributed by atoms with Crippen LogP contribution < -0.4 is 10.5 Å². The second kappa shape index (κ2) is 4.39. The summed E-state index contributed by atoms with van der Waals surface area (Å²) in [4.78, 5) is 3.86. The lowest BCUT2D eigenvalue weighted by atomic mass is 10.3. The van der Waals surface area contributed by atoms with Crippen molar-refractivity contribution >= 4 is 15.7 Å². The molecular weight excluding hydrogens is 202 g/mol. The number of nitrogens with two attached hydrogens (primary N) is 1. The summed E-state index contributed by atoms with van der Waals surface area (Å²) in [5.41, 5.74) is 6.51. The molecular formula is C8H13N3O2S. The molecule has 0 unspecified atom stereocenters. The van der Waals surface area contributed by atoms with Gasteiger partial charge in [0.05, 0.1) is 11.4 Å². The summed E-state index contributed by atoms with van der Waals surface area (Å²) < 4.78 is 25.1. The molecule has 1 heterocycles. The topological polar surface area (TPSA) is 85.1 Å². The van der Waals surface area contributed by atoms with Gasteiger partial charge in [-0.1, -0.05) is 0 Å². The number of aromatic nitrogens is 1. The number of aryl methyl sites for hydroxylation is 1. The van der Waals surface area contributed by atoms with Gasteiger partial charge in [0.15, 0.2) is 0 Å². The van der Waals surface area contributed by atoms with E-state index in [-0.39, 0.29) is 12.3 Å². The normalized spacial score (nSPS) is 11.3. The Labute approximate surface area is 83.4 Å². The highest BCUT2D eigenvalue weighted by Gasteiger charge is 2.09. The van der Waals surface area contributed by atoms with Crippen LogP contribution in [0.1, 0.15) is 5.56 Å². The summed E-state index contributed by atoms with van der Waals surface area (Å²) in [6.45, 7) is 1.90. The predicted octanol–water partition coefficient (Wildman–Crippen LogP) is 0.0904. The molecule has 6 heteroatoms. The summed E-state index contributed by atoms with van der Waals surface area (Å²) in [7, 11) is -3.31. The molecule has 1 rings (SSSR count). The molecule has 14 heavy (non-hydrogen) atoms. The Morgan fingerprint density at radius 1 is 1.57 bits per heavy atom. The van der Waals surface area contributed by atoms with Gasteiger partial charge in [-0.3, -0.25) is 9.71 Å². The van der Waals surface area contributed by atoms with Gasteiger partial charge in [-0.25, -0.2) is 8.42 Å². The van der Waals surface area contributed by atoms with Gasteiger partial charge >= 0.3 is 0 Å². The molecule has 1 aromatic heterocycles. The van der Waals surface area contributed by atoms with Gasteiger partial charge in [-0.2, -0.15) is 0 Å². The summed E-state index contributed by atoms with van der Waals surface area (Å²) in [6, 6.07) is 1.61. The second-order valence-electron chi connectivity index (χ2n) is 2.90. The quantitative estimate of drug-likeness (QED) is 0.745. The largest absolute Gasteiger partial charge is 0.329 e. The van der Waals surface area contributed by atoms with Crippen LogP contribution in [-0.4, -0.2) is 25.7 Å². The number of pyridine rings is 1. The zero-order chi connectivity index (χ0) is 10.6. The minimum Gasteiger partial charge on any atom is -0.329 e. The van der Waals surface area contributed by atoms with Gasteiger partial charge in [0, 0.05) is 18.9 Å². The highest BCUT2D eigenvalue weighted by atomic mass is 32.2. The van der Waals surface area contributed by atoms with Crippen molar-refractivity contribution in [3.05, 3.63) is 24.0 Å². The minimum absolute atomic E-state index is 0.0746. The van der Waals surface area contributed by atoms with Crippen molar-refractivity contribution in [3.8, 4) is 0 Å². The molecule has 0 saturated heterocycles. The Balaban J connectivity index is 2.84. The lowest BCUT2D eigenvalue weighted by Crippen LogP contribution is -2.22. The average Bonchev–Trinajstić information content (AvgIpc) is 2.08. The molecule has 0 atom stereocenters. The molecule has 0 aliphatic carbocycles. The maximum absolute atomic E-state index is 11.3. The Morgan fingerprint density at radius 3 is 2.86 bits per heavy atom. The van der Waals surface area contributed by atoms with Crippen molar-refractivity contribution in [2.45, 2.75) is 6.92 Å². The van der Waals surface area contributed by atoms with Crippen LogP contribution in [0.2, 0.25) is 0 Å². The number of anilines is 1. The molecule has 3 N–H and O–H groups in total. The number of nitrogens with one attached hydrogen (secondary N) is 1. The fraction of sp³-hybridized carbons (Fsp3) is 0.375. The average molecular weight is 215 g/mol. The lowest BCUT2D eigenvalue weighted by Gasteiger charge is -2.08. The first-order valence-corrected chi connectivity index (χ1v) is 5.81. The molecule has 0 amide bonds. The zero-order valence-electron chi connectivity index (χ0n) is 7.90. The maximum Gasteiger partial charge on any atom is 0.233 e. The van der Waals surface area contributed by atoms with Crippen molar-refractivity contribution in [1.82, 2.24) is 4.98 Å². The number of hydrogen-bond donors (Lipinski definition) is 2. The van der Waals surface area contributed by atoms with E-state index in [2.05, 4.69) is 9.71 Å². The SMILES string of the molecule is Cc1cnccc1NS(=O)(=O)CCN. The molecule has 1 aromatic rings. The van der Waals surface area contributed by atoms with E-state index >= 15 is 0 Å². The molecule has 0 aliphatic rings. The predicted molar refractivity (Wildman–Crippen MR) is 55.4 cm³/mol. The highest BCUT2D eigenvalue weighted by molar-refractivity contribution is 7.92. The Morgan fingerprint density at radius 2 is 2.29 bits per heavy atom. The molecule has 5 nitrogen and oxygen atoms in total. The van der Waals surface area contributed by atoms with Gasteiger partial charge in [0.25, 0.3) is 0 Å². The van der Waals surface area contributed by atoms with E-state index in [1.54, 1.807) is 19.2 Å². The number of sulfonamides is 1. The molecule has 78 valence electrons. The molecule has 0 radical (unpaired) electrons. The van der Waals surface area contributed by atoms with Crippen molar-refractivity contribution in [2.75, 3.05) is 17.0 Å². The molecule has 0 aliphatic heterocycles. The van der Waals surface area contributed by atoms with Gasteiger partial charge in [0.1, 0.15) is 0 Å². The Kier molecular flexibility index (Phi) is 3.43. The van der Waals surface area contributed by atoms with Gasteiger partial charge in [0.2, 0.25) is 10.0 Å². The molecule has 0 fully saturated rings. The van der Waals surface area contributed by atoms with Crippen LogP contribution in [0.3, 0.4) is 0 Å². The monoisotopic (exact) mass is 215 g/mol. The number of rotatable bonds is 4. The smallest absolute Gasteiger partial charge is 0.233 e. The Bertz CT molecular complexity index is 403. The van der Waals surface area contributed by atoms with E-state index in [9.17, 15) is 8.42 Å². The first-order valence-electron chi connectivity index (χ1n) is 4.16. The van der Waals surface area contributed by atoms with Gasteiger partial charge in [-0.05, 0) is 18.6 Å². The van der Waals surface area contributed by atoms with Crippen LogP contribution >= 0.6 is 0 Å². The van der Waals surface area contributed by atoms with E-state index < -0.39 is 10.0 Å². The molecule has 0 bridgehead atoms. The van der Waals surface area contributed by atoms with E-state index in [1.807, 2.05) is 0 Å². The second-order valence-corrected chi connectivity index (χ2v) is 4.74. The fourth-order valence-corrected chi connectivity index (χ4v) is 1.94. The van der Waals surface area contributed by atoms with E-state index in [1.165, 1.54) is 6.20 Å². The summed E-state index contributed by atoms with van der Waals surface area (Å²) >= 11 is 0. The van der Waals surface area contributed by atoms with E-state index in [0.717, 1.165) is 5.56 Å². The maximum atomic E-state index is 11.3. The third kappa shape index (κ3) is 2.97. The van der Waals surface area contributed by atoms with Crippen LogP contribution in [0.15, 0.2) is 18.5 Å². The zero-order valence-corrected chi connectivity index (χ0v) is 8.71. The van der Waals surface area contributed by atoms with Crippen molar-refractivity contribution in [3.63, 3.8) is 0 Å². The fourth-order valence-electron chi connectivity index (χ4n) is 0.962. The van der Waals surface area contributed by atoms with E-state index in [4.69, 9.17) is 5.73 Å². The third-order valence-corrected chi connectivity index (χ3v) is 2.98. The van der Waals surface area contributed by atoms with Crippen LogP contribution in [0, 0.1) is 6.92 Å². The van der Waals surface area contributed by atoms with Crippen LogP contribution in [0.5, 0.6) is 0 Å². The molecule has 0 aromatic carbocycles. The standard InChI is InChI=1S/C8H13N3O2S/c1-7-6-10-4-2-8(7)11-14(12,13)5-3-9/h2,4,6H,3,5,9H2,1H3,(H,10,11). The van der Waals surface area contributed by atoms with E-state index in [0.29, 0.717) is 5.69 Å².